The number of amides is 1. The Morgan fingerprint density at radius 3 is 2.75 bits per heavy atom. The van der Waals surface area contributed by atoms with Crippen LogP contribution in [0.5, 0.6) is 0 Å². The maximum atomic E-state index is 13.2. The summed E-state index contributed by atoms with van der Waals surface area (Å²) in [6.45, 7) is 0.547. The Morgan fingerprint density at radius 1 is 1.44 bits per heavy atom. The smallest absolute Gasteiger partial charge is 0.227 e. The Bertz CT molecular complexity index is 416. The number of nitrogens with zero attached hydrogens (tertiary/aromatic N) is 1. The van der Waals surface area contributed by atoms with E-state index in [2.05, 4.69) is 0 Å². The quantitative estimate of drug-likeness (QED) is 0.808. The molecular weight excluding hydrogens is 216 g/mol. The Hall–Kier alpha value is -1.49. The van der Waals surface area contributed by atoms with Crippen molar-refractivity contribution in [1.29, 1.82) is 0 Å². The summed E-state index contributed by atoms with van der Waals surface area (Å²) in [6.07, 6.45) is -0.655. The van der Waals surface area contributed by atoms with Crippen molar-refractivity contribution in [2.45, 2.75) is 12.5 Å². The van der Waals surface area contributed by atoms with Gasteiger partial charge in [-0.3, -0.25) is 4.79 Å². The normalized spacial score (nSPS) is 16.1. The lowest BCUT2D eigenvalue weighted by Gasteiger charge is -2.35. The molecule has 1 fully saturated rings. The third kappa shape index (κ3) is 2.04. The molecule has 1 heterocycles. The van der Waals surface area contributed by atoms with Crippen molar-refractivity contribution in [1.82, 2.24) is 4.90 Å². The first-order valence-electron chi connectivity index (χ1n) is 4.96. The Kier molecular flexibility index (Phi) is 2.87. The summed E-state index contributed by atoms with van der Waals surface area (Å²) in [5, 5.41) is 9.00. The lowest BCUT2D eigenvalue weighted by molar-refractivity contribution is -0.140. The van der Waals surface area contributed by atoms with Crippen LogP contribution in [0.15, 0.2) is 18.2 Å². The van der Waals surface area contributed by atoms with Crippen LogP contribution < -0.4 is 0 Å². The van der Waals surface area contributed by atoms with E-state index in [1.165, 1.54) is 17.0 Å². The molecule has 1 aromatic rings. The molecule has 86 valence electrons. The number of halogens is 2. The van der Waals surface area contributed by atoms with E-state index in [9.17, 15) is 13.6 Å². The van der Waals surface area contributed by atoms with Crippen LogP contribution in [0.1, 0.15) is 5.56 Å². The van der Waals surface area contributed by atoms with Crippen LogP contribution >= 0.6 is 0 Å². The molecule has 2 rings (SSSR count). The van der Waals surface area contributed by atoms with Gasteiger partial charge in [-0.2, -0.15) is 0 Å². The van der Waals surface area contributed by atoms with Gasteiger partial charge < -0.3 is 10.0 Å². The van der Waals surface area contributed by atoms with E-state index in [0.29, 0.717) is 0 Å². The van der Waals surface area contributed by atoms with Crippen LogP contribution in [0.4, 0.5) is 8.78 Å². The van der Waals surface area contributed by atoms with Crippen molar-refractivity contribution >= 4 is 5.91 Å². The molecule has 16 heavy (non-hydrogen) atoms. The van der Waals surface area contributed by atoms with E-state index in [0.717, 1.165) is 6.07 Å². The average Bonchev–Trinajstić information content (AvgIpc) is 2.20. The van der Waals surface area contributed by atoms with E-state index in [-0.39, 0.29) is 31.0 Å². The number of aliphatic hydroxyl groups excluding tert-OH is 1. The molecule has 1 N–H and O–H groups in total. The number of carbonyl (C=O) groups is 1. The number of rotatable bonds is 2. The van der Waals surface area contributed by atoms with E-state index >= 15 is 0 Å². The maximum Gasteiger partial charge on any atom is 0.227 e. The highest BCUT2D eigenvalue weighted by molar-refractivity contribution is 5.79. The van der Waals surface area contributed by atoms with Crippen molar-refractivity contribution in [3.8, 4) is 0 Å². The molecule has 0 atom stereocenters. The molecular formula is C11H11F2NO2. The third-order valence-electron chi connectivity index (χ3n) is 2.59. The average molecular weight is 227 g/mol. The van der Waals surface area contributed by atoms with Crippen molar-refractivity contribution in [3.05, 3.63) is 35.4 Å². The number of benzene rings is 1. The Balaban J connectivity index is 2.04. The molecule has 1 saturated heterocycles. The number of carbonyl (C=O) groups excluding carboxylic acids is 1. The molecule has 1 aliphatic rings. The fourth-order valence-electron chi connectivity index (χ4n) is 1.62. The summed E-state index contributed by atoms with van der Waals surface area (Å²) in [6, 6.07) is 3.76. The van der Waals surface area contributed by atoms with Gasteiger partial charge in [-0.05, 0) is 6.07 Å². The van der Waals surface area contributed by atoms with Crippen LogP contribution in [-0.4, -0.2) is 35.1 Å². The van der Waals surface area contributed by atoms with Gasteiger partial charge in [-0.1, -0.05) is 12.1 Å². The summed E-state index contributed by atoms with van der Waals surface area (Å²) < 4.78 is 26.1. The first-order chi connectivity index (χ1) is 7.58. The fraction of sp³-hybridized carbons (Fsp3) is 0.364. The van der Waals surface area contributed by atoms with Crippen molar-refractivity contribution in [2.75, 3.05) is 13.1 Å². The maximum absolute atomic E-state index is 13.2. The predicted octanol–water partition coefficient (Wildman–Crippen LogP) is 0.710. The highest BCUT2D eigenvalue weighted by Gasteiger charge is 2.29. The second-order valence-electron chi connectivity index (χ2n) is 3.84. The van der Waals surface area contributed by atoms with Gasteiger partial charge in [0.25, 0.3) is 0 Å². The minimum atomic E-state index is -0.975. The topological polar surface area (TPSA) is 40.5 Å². The SMILES string of the molecule is O=C(Cc1cccc(F)c1F)N1CC(O)C1. The number of hydrogen-bond donors (Lipinski definition) is 1. The van der Waals surface area contributed by atoms with Crippen LogP contribution in [0.25, 0.3) is 0 Å². The van der Waals surface area contributed by atoms with Gasteiger partial charge in [0.15, 0.2) is 11.6 Å². The number of hydrogen-bond acceptors (Lipinski definition) is 2. The first kappa shape index (κ1) is 11.0. The highest BCUT2D eigenvalue weighted by Crippen LogP contribution is 2.15. The lowest BCUT2D eigenvalue weighted by atomic mass is 10.1. The number of likely N-dealkylation sites (tertiary alicyclic amines) is 1. The Morgan fingerprint density at radius 2 is 2.12 bits per heavy atom. The molecule has 0 radical (unpaired) electrons. The monoisotopic (exact) mass is 227 g/mol. The van der Waals surface area contributed by atoms with Gasteiger partial charge in [0.1, 0.15) is 0 Å². The molecule has 3 nitrogen and oxygen atoms in total. The highest BCUT2D eigenvalue weighted by atomic mass is 19.2. The van der Waals surface area contributed by atoms with Gasteiger partial charge in [0, 0.05) is 18.7 Å². The molecule has 0 bridgehead atoms. The fourth-order valence-corrected chi connectivity index (χ4v) is 1.62. The van der Waals surface area contributed by atoms with Crippen LogP contribution in [0.2, 0.25) is 0 Å². The Labute approximate surface area is 91.3 Å². The summed E-state index contributed by atoms with van der Waals surface area (Å²) in [7, 11) is 0. The summed E-state index contributed by atoms with van der Waals surface area (Å²) in [5.74, 6) is -2.22. The molecule has 0 saturated carbocycles. The molecule has 1 aromatic carbocycles. The molecule has 1 amide bonds. The number of β-amino-alcohol motifs (C(OH)–C–C–N with tert-alkyl or cyclic N) is 1. The van der Waals surface area contributed by atoms with E-state index in [1.54, 1.807) is 0 Å². The van der Waals surface area contributed by atoms with Crippen molar-refractivity contribution in [3.63, 3.8) is 0 Å². The second kappa shape index (κ2) is 4.17. The molecule has 0 spiro atoms. The van der Waals surface area contributed by atoms with E-state index < -0.39 is 17.7 Å². The van der Waals surface area contributed by atoms with Crippen molar-refractivity contribution in [2.24, 2.45) is 0 Å². The third-order valence-corrected chi connectivity index (χ3v) is 2.59. The second-order valence-corrected chi connectivity index (χ2v) is 3.84. The summed E-state index contributed by atoms with van der Waals surface area (Å²) >= 11 is 0. The zero-order valence-electron chi connectivity index (χ0n) is 8.49. The molecule has 5 heteroatoms. The van der Waals surface area contributed by atoms with Gasteiger partial charge in [0.2, 0.25) is 5.91 Å². The minimum Gasteiger partial charge on any atom is -0.389 e. The van der Waals surface area contributed by atoms with Gasteiger partial charge in [-0.25, -0.2) is 8.78 Å². The lowest BCUT2D eigenvalue weighted by Crippen LogP contribution is -2.54. The molecule has 0 aromatic heterocycles. The molecule has 0 unspecified atom stereocenters. The van der Waals surface area contributed by atoms with Crippen molar-refractivity contribution < 1.29 is 18.7 Å². The molecule has 0 aliphatic carbocycles. The van der Waals surface area contributed by atoms with Gasteiger partial charge in [0.05, 0.1) is 12.5 Å². The predicted molar refractivity (Wildman–Crippen MR) is 52.6 cm³/mol. The van der Waals surface area contributed by atoms with E-state index in [4.69, 9.17) is 5.11 Å². The van der Waals surface area contributed by atoms with Crippen LogP contribution in [0, 0.1) is 11.6 Å². The minimum absolute atomic E-state index is 0.0476. The summed E-state index contributed by atoms with van der Waals surface area (Å²) in [4.78, 5) is 12.9. The van der Waals surface area contributed by atoms with Gasteiger partial charge >= 0.3 is 0 Å². The standard InChI is InChI=1S/C11H11F2NO2/c12-9-3-1-2-7(11(9)13)4-10(16)14-5-8(15)6-14/h1-3,8,15H,4-6H2. The first-order valence-corrected chi connectivity index (χ1v) is 4.96. The van der Waals surface area contributed by atoms with Crippen LogP contribution in [0.3, 0.4) is 0 Å². The molecule has 1 aliphatic heterocycles. The van der Waals surface area contributed by atoms with Crippen LogP contribution in [-0.2, 0) is 11.2 Å². The van der Waals surface area contributed by atoms with E-state index in [1.807, 2.05) is 0 Å². The summed E-state index contributed by atoms with van der Waals surface area (Å²) in [5.41, 5.74) is 0.0476. The zero-order chi connectivity index (χ0) is 11.7. The largest absolute Gasteiger partial charge is 0.389 e. The van der Waals surface area contributed by atoms with Gasteiger partial charge in [-0.15, -0.1) is 0 Å². The number of aliphatic hydroxyl groups is 1. The zero-order valence-corrected chi connectivity index (χ0v) is 8.49.